The topological polar surface area (TPSA) is 69.6 Å². The summed E-state index contributed by atoms with van der Waals surface area (Å²) in [6.45, 7) is 4.65. The number of rotatable bonds is 3. The van der Waals surface area contributed by atoms with Gasteiger partial charge in [-0.25, -0.2) is 0 Å². The lowest BCUT2D eigenvalue weighted by molar-refractivity contribution is -0.135. The van der Waals surface area contributed by atoms with Crippen molar-refractivity contribution in [3.8, 4) is 0 Å². The lowest BCUT2D eigenvalue weighted by Gasteiger charge is -2.25. The third-order valence-corrected chi connectivity index (χ3v) is 3.84. The van der Waals surface area contributed by atoms with Crippen LogP contribution in [-0.4, -0.2) is 76.8 Å². The molecule has 2 heterocycles. The van der Waals surface area contributed by atoms with E-state index in [2.05, 4.69) is 14.9 Å². The van der Waals surface area contributed by atoms with Crippen molar-refractivity contribution in [1.29, 1.82) is 0 Å². The normalized spacial score (nSPS) is 19.6. The van der Waals surface area contributed by atoms with E-state index in [0.717, 1.165) is 12.2 Å². The molecule has 1 saturated heterocycles. The SMILES string of the molecule is CC(=O)N1CCN(Cc2cnccn2)CC(C(=O)N(C)C)C1. The summed E-state index contributed by atoms with van der Waals surface area (Å²) >= 11 is 0. The van der Waals surface area contributed by atoms with Gasteiger partial charge in [0.25, 0.3) is 0 Å². The Morgan fingerprint density at radius 3 is 2.64 bits per heavy atom. The van der Waals surface area contributed by atoms with Crippen molar-refractivity contribution in [2.75, 3.05) is 40.3 Å². The Bertz CT molecular complexity index is 520. The Morgan fingerprint density at radius 1 is 1.27 bits per heavy atom. The molecule has 22 heavy (non-hydrogen) atoms. The van der Waals surface area contributed by atoms with Crippen molar-refractivity contribution < 1.29 is 9.59 Å². The molecule has 0 saturated carbocycles. The second-order valence-corrected chi connectivity index (χ2v) is 5.83. The number of carbonyl (C=O) groups is 2. The Morgan fingerprint density at radius 2 is 2.05 bits per heavy atom. The minimum absolute atomic E-state index is 0.0120. The maximum atomic E-state index is 12.4. The van der Waals surface area contributed by atoms with Crippen LogP contribution >= 0.6 is 0 Å². The molecule has 120 valence electrons. The summed E-state index contributed by atoms with van der Waals surface area (Å²) in [6, 6.07) is 0. The molecule has 0 N–H and O–H groups in total. The van der Waals surface area contributed by atoms with E-state index in [4.69, 9.17) is 0 Å². The number of carbonyl (C=O) groups excluding carboxylic acids is 2. The minimum atomic E-state index is -0.210. The van der Waals surface area contributed by atoms with Gasteiger partial charge in [-0.3, -0.25) is 24.5 Å². The second kappa shape index (κ2) is 7.31. The van der Waals surface area contributed by atoms with Gasteiger partial charge >= 0.3 is 0 Å². The van der Waals surface area contributed by atoms with E-state index in [0.29, 0.717) is 26.2 Å². The number of nitrogens with zero attached hydrogens (tertiary/aromatic N) is 5. The van der Waals surface area contributed by atoms with E-state index in [9.17, 15) is 9.59 Å². The maximum Gasteiger partial charge on any atom is 0.228 e. The molecule has 1 unspecified atom stereocenters. The van der Waals surface area contributed by atoms with E-state index >= 15 is 0 Å². The van der Waals surface area contributed by atoms with Gasteiger partial charge in [-0.1, -0.05) is 0 Å². The van der Waals surface area contributed by atoms with Crippen molar-refractivity contribution >= 4 is 11.8 Å². The van der Waals surface area contributed by atoms with Crippen LogP contribution in [0, 0.1) is 5.92 Å². The van der Waals surface area contributed by atoms with E-state index < -0.39 is 0 Å². The van der Waals surface area contributed by atoms with Crippen molar-refractivity contribution in [3.05, 3.63) is 24.3 Å². The van der Waals surface area contributed by atoms with E-state index in [-0.39, 0.29) is 17.7 Å². The molecule has 7 heteroatoms. The fourth-order valence-corrected chi connectivity index (χ4v) is 2.67. The van der Waals surface area contributed by atoms with E-state index in [1.54, 1.807) is 49.4 Å². The van der Waals surface area contributed by atoms with Gasteiger partial charge in [0.1, 0.15) is 0 Å². The monoisotopic (exact) mass is 305 g/mol. The summed E-state index contributed by atoms with van der Waals surface area (Å²) in [7, 11) is 3.50. The van der Waals surface area contributed by atoms with Crippen LogP contribution in [0.4, 0.5) is 0 Å². The second-order valence-electron chi connectivity index (χ2n) is 5.83. The predicted molar refractivity (Wildman–Crippen MR) is 81.7 cm³/mol. The minimum Gasteiger partial charge on any atom is -0.348 e. The average Bonchev–Trinajstić information content (AvgIpc) is 2.70. The van der Waals surface area contributed by atoms with Gasteiger partial charge in [0.15, 0.2) is 0 Å². The molecule has 0 aliphatic carbocycles. The van der Waals surface area contributed by atoms with Crippen LogP contribution in [0.3, 0.4) is 0 Å². The number of amides is 2. The highest BCUT2D eigenvalue weighted by Crippen LogP contribution is 2.14. The predicted octanol–water partition coefficient (Wildman–Crippen LogP) is -0.155. The standard InChI is InChI=1S/C15H23N5O2/c1-12(21)20-7-6-19(11-14-8-16-4-5-17-14)9-13(10-20)15(22)18(2)3/h4-5,8,13H,6-7,9-11H2,1-3H3. The number of hydrogen-bond donors (Lipinski definition) is 0. The highest BCUT2D eigenvalue weighted by molar-refractivity contribution is 5.80. The van der Waals surface area contributed by atoms with Gasteiger partial charge in [0.05, 0.1) is 11.6 Å². The van der Waals surface area contributed by atoms with E-state index in [1.807, 2.05) is 0 Å². The smallest absolute Gasteiger partial charge is 0.228 e. The Hall–Kier alpha value is -2.02. The van der Waals surface area contributed by atoms with Crippen LogP contribution in [0.25, 0.3) is 0 Å². The number of aromatic nitrogens is 2. The molecule has 1 aliphatic heterocycles. The summed E-state index contributed by atoms with van der Waals surface area (Å²) < 4.78 is 0. The van der Waals surface area contributed by atoms with Crippen LogP contribution < -0.4 is 0 Å². The van der Waals surface area contributed by atoms with Crippen molar-refractivity contribution in [2.24, 2.45) is 5.92 Å². The van der Waals surface area contributed by atoms with Gasteiger partial charge in [-0.05, 0) is 0 Å². The molecule has 1 aromatic heterocycles. The zero-order valence-corrected chi connectivity index (χ0v) is 13.4. The molecule has 2 rings (SSSR count). The van der Waals surface area contributed by atoms with Crippen LogP contribution in [0.15, 0.2) is 18.6 Å². The Kier molecular flexibility index (Phi) is 5.43. The first-order chi connectivity index (χ1) is 10.5. The Labute approximate surface area is 130 Å². The highest BCUT2D eigenvalue weighted by Gasteiger charge is 2.30. The first-order valence-electron chi connectivity index (χ1n) is 7.41. The zero-order chi connectivity index (χ0) is 16.1. The molecule has 0 aromatic carbocycles. The molecule has 2 amide bonds. The first kappa shape index (κ1) is 16.4. The number of hydrogen-bond acceptors (Lipinski definition) is 5. The van der Waals surface area contributed by atoms with Crippen LogP contribution in [0.1, 0.15) is 12.6 Å². The fourth-order valence-electron chi connectivity index (χ4n) is 2.67. The average molecular weight is 305 g/mol. The fraction of sp³-hybridized carbons (Fsp3) is 0.600. The molecule has 1 atom stereocenters. The van der Waals surface area contributed by atoms with Gasteiger partial charge < -0.3 is 9.80 Å². The van der Waals surface area contributed by atoms with Crippen LogP contribution in [-0.2, 0) is 16.1 Å². The van der Waals surface area contributed by atoms with Gasteiger partial charge in [-0.15, -0.1) is 0 Å². The Balaban J connectivity index is 2.11. The summed E-state index contributed by atoms with van der Waals surface area (Å²) in [6.07, 6.45) is 5.04. The third kappa shape index (κ3) is 4.24. The molecular weight excluding hydrogens is 282 g/mol. The lowest BCUT2D eigenvalue weighted by Crippen LogP contribution is -2.41. The molecule has 0 spiro atoms. The largest absolute Gasteiger partial charge is 0.348 e. The molecular formula is C15H23N5O2. The maximum absolute atomic E-state index is 12.4. The van der Waals surface area contributed by atoms with Crippen molar-refractivity contribution in [3.63, 3.8) is 0 Å². The molecule has 7 nitrogen and oxygen atoms in total. The van der Waals surface area contributed by atoms with Crippen LogP contribution in [0.2, 0.25) is 0 Å². The molecule has 0 radical (unpaired) electrons. The summed E-state index contributed by atoms with van der Waals surface area (Å²) in [5, 5.41) is 0. The van der Waals surface area contributed by atoms with Crippen LogP contribution in [0.5, 0.6) is 0 Å². The summed E-state index contributed by atoms with van der Waals surface area (Å²) in [4.78, 5) is 37.9. The van der Waals surface area contributed by atoms with E-state index in [1.165, 1.54) is 0 Å². The zero-order valence-electron chi connectivity index (χ0n) is 13.4. The molecule has 1 aromatic rings. The lowest BCUT2D eigenvalue weighted by atomic mass is 10.1. The van der Waals surface area contributed by atoms with Gasteiger partial charge in [0.2, 0.25) is 11.8 Å². The van der Waals surface area contributed by atoms with Crippen molar-refractivity contribution in [2.45, 2.75) is 13.5 Å². The van der Waals surface area contributed by atoms with Gasteiger partial charge in [0, 0.05) is 72.3 Å². The molecule has 1 aliphatic rings. The molecule has 0 bridgehead atoms. The highest BCUT2D eigenvalue weighted by atomic mass is 16.2. The molecule has 1 fully saturated rings. The third-order valence-electron chi connectivity index (χ3n) is 3.84. The quantitative estimate of drug-likeness (QED) is 0.776. The summed E-state index contributed by atoms with van der Waals surface area (Å²) in [5.41, 5.74) is 0.870. The summed E-state index contributed by atoms with van der Waals surface area (Å²) in [5.74, 6) is -0.145. The van der Waals surface area contributed by atoms with Crippen molar-refractivity contribution in [1.82, 2.24) is 24.7 Å². The first-order valence-corrected chi connectivity index (χ1v) is 7.41. The van der Waals surface area contributed by atoms with Gasteiger partial charge in [-0.2, -0.15) is 0 Å².